The van der Waals surface area contributed by atoms with Gasteiger partial charge in [0.25, 0.3) is 0 Å². The molecule has 0 aliphatic rings. The van der Waals surface area contributed by atoms with Crippen molar-refractivity contribution in [3.05, 3.63) is 55.8 Å². The molecule has 9 nitrogen and oxygen atoms in total. The van der Waals surface area contributed by atoms with E-state index in [1.807, 2.05) is 0 Å². The fourth-order valence-corrected chi connectivity index (χ4v) is 6.98. The minimum absolute atomic E-state index is 0.0431. The Morgan fingerprint density at radius 3 is 1.00 bits per heavy atom. The number of rotatable bonds is 0. The zero-order chi connectivity index (χ0) is 28.7. The molecule has 8 aromatic rings. The first kappa shape index (κ1) is 23.8. The first-order chi connectivity index (χ1) is 19.0. The summed E-state index contributed by atoms with van der Waals surface area (Å²) in [5.74, 6) is -2.75. The lowest BCUT2D eigenvalue weighted by atomic mass is 9.78. The van der Waals surface area contributed by atoms with E-state index in [2.05, 4.69) is 0 Å². The van der Waals surface area contributed by atoms with E-state index in [0.29, 0.717) is 43.4 Å². The lowest BCUT2D eigenvalue weighted by Crippen LogP contribution is -2.08. The van der Waals surface area contributed by atoms with Gasteiger partial charge >= 0.3 is 0 Å². The minimum Gasteiger partial charge on any atom is -0.507 e. The fourth-order valence-electron chi connectivity index (χ4n) is 6.98. The number of fused-ring (bicyclic) bond motifs is 2. The third kappa shape index (κ3) is 2.34. The van der Waals surface area contributed by atoms with Gasteiger partial charge in [0.2, 0.25) is 0 Å². The Balaban J connectivity index is 0.00000130. The lowest BCUT2D eigenvalue weighted by Gasteiger charge is -2.25. The Morgan fingerprint density at radius 2 is 0.650 bits per heavy atom. The molecule has 0 saturated carbocycles. The number of aliphatic hydroxyl groups is 1. The van der Waals surface area contributed by atoms with E-state index in [-0.39, 0.29) is 43.1 Å². The van der Waals surface area contributed by atoms with Gasteiger partial charge in [-0.3, -0.25) is 9.59 Å². The number of aromatic hydroxyl groups is 6. The van der Waals surface area contributed by atoms with Crippen LogP contribution in [0, 0.1) is 13.8 Å². The number of phenolic OH excluding ortho intramolecular Hbond substituents is 6. The highest BCUT2D eigenvalue weighted by Gasteiger charge is 2.33. The molecule has 0 heterocycles. The number of phenols is 6. The SMILES string of the molecule is CO.Cc1cc(=O)c2c(O)c3c(O)cc(O)c4c5c(O)cc(O)c6c(O)c7c(=O)cc(C)c8c1c2c(c34)c(c65)c78. The average molecular weight is 536 g/mol. The first-order valence-electron chi connectivity index (χ1n) is 12.3. The molecule has 8 aromatic carbocycles. The van der Waals surface area contributed by atoms with Crippen LogP contribution in [0.3, 0.4) is 0 Å². The Hall–Kier alpha value is -5.28. The monoisotopic (exact) mass is 536 g/mol. The highest BCUT2D eigenvalue weighted by molar-refractivity contribution is 6.51. The predicted octanol–water partition coefficient (Wildman–Crippen LogP) is 4.69. The van der Waals surface area contributed by atoms with Crippen LogP contribution in [0.5, 0.6) is 34.5 Å². The molecule has 0 aliphatic heterocycles. The predicted molar refractivity (Wildman–Crippen MR) is 154 cm³/mol. The summed E-state index contributed by atoms with van der Waals surface area (Å²) in [6, 6.07) is 4.77. The molecule has 198 valence electrons. The standard InChI is InChI=1S/C30H16O8.CH4O/c1-7-3-9(31)19-23-15(7)16-8(2)4-10(32)20-24(16)28-26-18(12(34)6-14(36)22(26)30(20)38)17-11(33)5-13(35)21(29(19)37)25(17)27(23)28;1-2/h3-6,33-38H,1-2H3;2H,1H3. The third-order valence-electron chi connectivity index (χ3n) is 8.25. The average Bonchev–Trinajstić information content (AvgIpc) is 2.88. The highest BCUT2D eigenvalue weighted by Crippen LogP contribution is 2.60. The second-order valence-corrected chi connectivity index (χ2v) is 10.2. The van der Waals surface area contributed by atoms with E-state index in [0.717, 1.165) is 19.2 Å². The molecule has 0 fully saturated rings. The van der Waals surface area contributed by atoms with E-state index in [9.17, 15) is 40.2 Å². The molecule has 0 radical (unpaired) electrons. The first-order valence-corrected chi connectivity index (χ1v) is 12.3. The largest absolute Gasteiger partial charge is 0.507 e. The van der Waals surface area contributed by atoms with Crippen LogP contribution in [0.2, 0.25) is 0 Å². The molecule has 9 heteroatoms. The zero-order valence-electron chi connectivity index (χ0n) is 21.3. The molecule has 0 spiro atoms. The van der Waals surface area contributed by atoms with Gasteiger partial charge in [0.05, 0.1) is 21.5 Å². The van der Waals surface area contributed by atoms with Crippen LogP contribution >= 0.6 is 0 Å². The summed E-state index contributed by atoms with van der Waals surface area (Å²) in [6.45, 7) is 3.47. The Morgan fingerprint density at radius 1 is 0.375 bits per heavy atom. The van der Waals surface area contributed by atoms with Crippen LogP contribution in [-0.4, -0.2) is 42.9 Å². The van der Waals surface area contributed by atoms with E-state index in [1.165, 1.54) is 12.1 Å². The molecule has 0 bridgehead atoms. The van der Waals surface area contributed by atoms with Gasteiger partial charge in [-0.15, -0.1) is 0 Å². The second kappa shape index (κ2) is 7.22. The summed E-state index contributed by atoms with van der Waals surface area (Å²) >= 11 is 0. The minimum atomic E-state index is -0.483. The van der Waals surface area contributed by atoms with Crippen LogP contribution in [0.15, 0.2) is 33.9 Å². The van der Waals surface area contributed by atoms with Crippen LogP contribution in [-0.2, 0) is 0 Å². The van der Waals surface area contributed by atoms with Crippen molar-refractivity contribution in [2.75, 3.05) is 7.11 Å². The second-order valence-electron chi connectivity index (χ2n) is 10.2. The van der Waals surface area contributed by atoms with Crippen LogP contribution in [0.1, 0.15) is 11.1 Å². The number of benzene rings is 8. The van der Waals surface area contributed by atoms with Crippen molar-refractivity contribution in [3.8, 4) is 34.5 Å². The van der Waals surface area contributed by atoms with Crippen molar-refractivity contribution in [1.29, 1.82) is 0 Å². The molecule has 0 unspecified atom stereocenters. The van der Waals surface area contributed by atoms with Gasteiger partial charge in [-0.25, -0.2) is 0 Å². The van der Waals surface area contributed by atoms with Crippen molar-refractivity contribution in [2.24, 2.45) is 0 Å². The topological polar surface area (TPSA) is 176 Å². The number of hydrogen-bond acceptors (Lipinski definition) is 9. The summed E-state index contributed by atoms with van der Waals surface area (Å²) in [4.78, 5) is 26.7. The smallest absolute Gasteiger partial charge is 0.190 e. The Bertz CT molecular complexity index is 2340. The van der Waals surface area contributed by atoms with Crippen molar-refractivity contribution in [1.82, 2.24) is 0 Å². The van der Waals surface area contributed by atoms with Crippen molar-refractivity contribution >= 4 is 75.4 Å². The van der Waals surface area contributed by atoms with Gasteiger partial charge in [-0.1, -0.05) is 0 Å². The molecular weight excluding hydrogens is 516 g/mol. The molecule has 0 atom stereocenters. The van der Waals surface area contributed by atoms with Gasteiger partial charge in [0.15, 0.2) is 10.9 Å². The number of aliphatic hydroxyl groups excluding tert-OH is 1. The van der Waals surface area contributed by atoms with Crippen LogP contribution < -0.4 is 10.9 Å². The van der Waals surface area contributed by atoms with Crippen LogP contribution in [0.25, 0.3) is 75.4 Å². The van der Waals surface area contributed by atoms with E-state index < -0.39 is 45.4 Å². The molecule has 0 aromatic heterocycles. The summed E-state index contributed by atoms with van der Waals surface area (Å²) in [6.07, 6.45) is 0. The summed E-state index contributed by atoms with van der Waals surface area (Å²) in [5.41, 5.74) is 0.175. The molecule has 40 heavy (non-hydrogen) atoms. The number of aryl methyl sites for hydroxylation is 2. The van der Waals surface area contributed by atoms with Gasteiger partial charge in [0.1, 0.15) is 34.5 Å². The molecule has 0 amide bonds. The van der Waals surface area contributed by atoms with Gasteiger partial charge in [-0.05, 0) is 47.9 Å². The lowest BCUT2D eigenvalue weighted by molar-refractivity contribution is 0.399. The third-order valence-corrected chi connectivity index (χ3v) is 8.25. The van der Waals surface area contributed by atoms with E-state index in [1.54, 1.807) is 13.8 Å². The Labute approximate surface area is 222 Å². The normalized spacial score (nSPS) is 12.3. The molecule has 7 N–H and O–H groups in total. The van der Waals surface area contributed by atoms with E-state index >= 15 is 0 Å². The maximum Gasteiger partial charge on any atom is 0.190 e. The molecule has 0 aliphatic carbocycles. The van der Waals surface area contributed by atoms with Crippen LogP contribution in [0.4, 0.5) is 0 Å². The zero-order valence-corrected chi connectivity index (χ0v) is 21.3. The number of hydrogen-bond donors (Lipinski definition) is 7. The van der Waals surface area contributed by atoms with Gasteiger partial charge in [0, 0.05) is 62.3 Å². The summed E-state index contributed by atoms with van der Waals surface area (Å²) in [7, 11) is 1.00. The maximum atomic E-state index is 13.4. The maximum absolute atomic E-state index is 13.4. The summed E-state index contributed by atoms with van der Waals surface area (Å²) < 4.78 is 0. The fraction of sp³-hybridized carbons (Fsp3) is 0.0968. The molecule has 8 rings (SSSR count). The van der Waals surface area contributed by atoms with Gasteiger partial charge < -0.3 is 35.7 Å². The quantitative estimate of drug-likeness (QED) is 0.107. The highest BCUT2D eigenvalue weighted by atomic mass is 16.3. The molecular formula is C31H20O9. The van der Waals surface area contributed by atoms with E-state index in [4.69, 9.17) is 5.11 Å². The van der Waals surface area contributed by atoms with Crippen molar-refractivity contribution < 1.29 is 35.7 Å². The van der Waals surface area contributed by atoms with Gasteiger partial charge in [-0.2, -0.15) is 0 Å². The van der Waals surface area contributed by atoms with Crippen molar-refractivity contribution in [2.45, 2.75) is 13.8 Å². The Kier molecular flexibility index (Phi) is 4.30. The van der Waals surface area contributed by atoms with Crippen molar-refractivity contribution in [3.63, 3.8) is 0 Å². The molecule has 0 saturated heterocycles. The summed E-state index contributed by atoms with van der Waals surface area (Å²) in [5, 5.41) is 76.6.